The van der Waals surface area contributed by atoms with Gasteiger partial charge in [0.05, 0.1) is 0 Å². The van der Waals surface area contributed by atoms with Crippen LogP contribution in [0, 0.1) is 0 Å². The number of cyclic esters (lactones) is 1. The van der Waals surface area contributed by atoms with Crippen LogP contribution in [0.5, 0.6) is 0 Å². The summed E-state index contributed by atoms with van der Waals surface area (Å²) in [6.45, 7) is 0. The van der Waals surface area contributed by atoms with Crippen LogP contribution in [-0.2, 0) is 15.1 Å². The highest BCUT2D eigenvalue weighted by molar-refractivity contribution is 5.78. The fourth-order valence-electron chi connectivity index (χ4n) is 2.55. The highest BCUT2D eigenvalue weighted by atomic mass is 19.1. The minimum absolute atomic E-state index is 0.0276. The van der Waals surface area contributed by atoms with Crippen molar-refractivity contribution in [3.05, 3.63) is 71.8 Å². The lowest BCUT2D eigenvalue weighted by atomic mass is 9.84. The first-order valence-electron chi connectivity index (χ1n) is 6.20. The van der Waals surface area contributed by atoms with E-state index in [1.807, 2.05) is 60.7 Å². The average molecular weight is 256 g/mol. The molecule has 1 saturated heterocycles. The van der Waals surface area contributed by atoms with Crippen LogP contribution in [0.3, 0.4) is 0 Å². The fourth-order valence-corrected chi connectivity index (χ4v) is 2.55. The smallest absolute Gasteiger partial charge is 0.342 e. The third-order valence-corrected chi connectivity index (χ3v) is 3.48. The van der Waals surface area contributed by atoms with Crippen molar-refractivity contribution in [1.29, 1.82) is 0 Å². The molecule has 3 rings (SSSR count). The number of ether oxygens (including phenoxy) is 1. The molecule has 0 saturated carbocycles. The topological polar surface area (TPSA) is 26.3 Å². The SMILES string of the molecule is O=C1OC(c2ccccc2)(c2ccccc2)C[C@@H]1F. The molecule has 96 valence electrons. The minimum Gasteiger partial charge on any atom is -0.447 e. The zero-order chi connectivity index (χ0) is 13.3. The lowest BCUT2D eigenvalue weighted by Crippen LogP contribution is -2.27. The predicted octanol–water partition coefficient (Wildman–Crippen LogP) is 3.22. The Kier molecular flexibility index (Phi) is 2.82. The molecule has 1 aliphatic heterocycles. The van der Waals surface area contributed by atoms with E-state index >= 15 is 0 Å². The number of carbonyl (C=O) groups excluding carboxylic acids is 1. The molecular weight excluding hydrogens is 243 g/mol. The van der Waals surface area contributed by atoms with Gasteiger partial charge in [-0.05, 0) is 0 Å². The quantitative estimate of drug-likeness (QED) is 0.771. The van der Waals surface area contributed by atoms with E-state index in [9.17, 15) is 9.18 Å². The van der Waals surface area contributed by atoms with Gasteiger partial charge in [0.2, 0.25) is 6.17 Å². The van der Waals surface area contributed by atoms with Gasteiger partial charge in [-0.1, -0.05) is 60.7 Å². The number of alkyl halides is 1. The van der Waals surface area contributed by atoms with Gasteiger partial charge >= 0.3 is 5.97 Å². The summed E-state index contributed by atoms with van der Waals surface area (Å²) in [4.78, 5) is 11.5. The van der Waals surface area contributed by atoms with Gasteiger partial charge in [0.1, 0.15) is 0 Å². The van der Waals surface area contributed by atoms with E-state index in [4.69, 9.17) is 4.74 Å². The normalized spacial score (nSPS) is 21.1. The molecule has 2 nitrogen and oxygen atoms in total. The molecule has 2 aromatic rings. The van der Waals surface area contributed by atoms with Gasteiger partial charge in [-0.3, -0.25) is 0 Å². The molecule has 1 atom stereocenters. The van der Waals surface area contributed by atoms with E-state index < -0.39 is 17.7 Å². The van der Waals surface area contributed by atoms with Crippen molar-refractivity contribution in [3.63, 3.8) is 0 Å². The number of halogens is 1. The van der Waals surface area contributed by atoms with Crippen LogP contribution in [0.25, 0.3) is 0 Å². The second kappa shape index (κ2) is 4.50. The van der Waals surface area contributed by atoms with E-state index in [0.717, 1.165) is 11.1 Å². The number of hydrogen-bond donors (Lipinski definition) is 0. The average Bonchev–Trinajstić information content (AvgIpc) is 2.78. The number of rotatable bonds is 2. The summed E-state index contributed by atoms with van der Waals surface area (Å²) in [5, 5.41) is 0. The first-order chi connectivity index (χ1) is 9.22. The van der Waals surface area contributed by atoms with E-state index in [2.05, 4.69) is 0 Å². The fraction of sp³-hybridized carbons (Fsp3) is 0.188. The Morgan fingerprint density at radius 1 is 0.947 bits per heavy atom. The van der Waals surface area contributed by atoms with Crippen molar-refractivity contribution in [2.24, 2.45) is 0 Å². The van der Waals surface area contributed by atoms with Crippen LogP contribution < -0.4 is 0 Å². The summed E-state index contributed by atoms with van der Waals surface area (Å²) in [5.74, 6) is -0.785. The summed E-state index contributed by atoms with van der Waals surface area (Å²) in [5.41, 5.74) is 0.600. The number of esters is 1. The monoisotopic (exact) mass is 256 g/mol. The Morgan fingerprint density at radius 3 is 1.79 bits per heavy atom. The summed E-state index contributed by atoms with van der Waals surface area (Å²) >= 11 is 0. The molecule has 1 heterocycles. The van der Waals surface area contributed by atoms with Crippen molar-refractivity contribution < 1.29 is 13.9 Å². The third-order valence-electron chi connectivity index (χ3n) is 3.48. The summed E-state index contributed by atoms with van der Waals surface area (Å²) < 4.78 is 19.1. The molecule has 0 unspecified atom stereocenters. The number of benzene rings is 2. The van der Waals surface area contributed by atoms with Crippen LogP contribution in [0.4, 0.5) is 4.39 Å². The lowest BCUT2D eigenvalue weighted by molar-refractivity contribution is -0.149. The van der Waals surface area contributed by atoms with Crippen molar-refractivity contribution in [2.75, 3.05) is 0 Å². The molecule has 0 aromatic heterocycles. The molecule has 0 aliphatic carbocycles. The van der Waals surface area contributed by atoms with Crippen LogP contribution >= 0.6 is 0 Å². The second-order valence-corrected chi connectivity index (χ2v) is 4.65. The summed E-state index contributed by atoms with van der Waals surface area (Å²) in [7, 11) is 0. The first-order valence-corrected chi connectivity index (χ1v) is 6.20. The Morgan fingerprint density at radius 2 is 1.42 bits per heavy atom. The molecule has 19 heavy (non-hydrogen) atoms. The molecule has 0 amide bonds. The predicted molar refractivity (Wildman–Crippen MR) is 69.3 cm³/mol. The van der Waals surface area contributed by atoms with Gasteiger partial charge in [-0.2, -0.15) is 0 Å². The van der Waals surface area contributed by atoms with Crippen LogP contribution in [-0.4, -0.2) is 12.1 Å². The van der Waals surface area contributed by atoms with Crippen LogP contribution in [0.15, 0.2) is 60.7 Å². The number of carbonyl (C=O) groups is 1. The highest BCUT2D eigenvalue weighted by Crippen LogP contribution is 2.43. The molecule has 1 aliphatic rings. The summed E-state index contributed by atoms with van der Waals surface area (Å²) in [6.07, 6.45) is -1.54. The maximum atomic E-state index is 13.7. The lowest BCUT2D eigenvalue weighted by Gasteiger charge is -2.28. The van der Waals surface area contributed by atoms with Gasteiger partial charge in [0.15, 0.2) is 5.60 Å². The van der Waals surface area contributed by atoms with Gasteiger partial charge in [0, 0.05) is 17.5 Å². The summed E-state index contributed by atoms with van der Waals surface area (Å²) in [6, 6.07) is 18.6. The van der Waals surface area contributed by atoms with Crippen LogP contribution in [0.1, 0.15) is 17.5 Å². The Hall–Kier alpha value is -2.16. The Labute approximate surface area is 110 Å². The maximum Gasteiger partial charge on any atom is 0.342 e. The first kappa shape index (κ1) is 11.9. The van der Waals surface area contributed by atoms with Gasteiger partial charge < -0.3 is 4.74 Å². The second-order valence-electron chi connectivity index (χ2n) is 4.65. The van der Waals surface area contributed by atoms with E-state index in [-0.39, 0.29) is 6.42 Å². The maximum absolute atomic E-state index is 13.7. The highest BCUT2D eigenvalue weighted by Gasteiger charge is 2.49. The van der Waals surface area contributed by atoms with Crippen molar-refractivity contribution in [1.82, 2.24) is 0 Å². The van der Waals surface area contributed by atoms with Crippen molar-refractivity contribution in [2.45, 2.75) is 18.2 Å². The zero-order valence-corrected chi connectivity index (χ0v) is 10.3. The molecule has 0 spiro atoms. The minimum atomic E-state index is -1.57. The molecule has 3 heteroatoms. The number of hydrogen-bond acceptors (Lipinski definition) is 2. The van der Waals surface area contributed by atoms with Gasteiger partial charge in [-0.25, -0.2) is 9.18 Å². The van der Waals surface area contributed by atoms with E-state index in [1.165, 1.54) is 0 Å². The molecule has 0 bridgehead atoms. The van der Waals surface area contributed by atoms with E-state index in [1.54, 1.807) is 0 Å². The molecule has 2 aromatic carbocycles. The zero-order valence-electron chi connectivity index (χ0n) is 10.3. The van der Waals surface area contributed by atoms with Gasteiger partial charge in [0.25, 0.3) is 0 Å². The van der Waals surface area contributed by atoms with Crippen molar-refractivity contribution >= 4 is 5.97 Å². The molecule has 1 fully saturated rings. The molecule has 0 N–H and O–H groups in total. The van der Waals surface area contributed by atoms with E-state index in [0.29, 0.717) is 0 Å². The Balaban J connectivity index is 2.15. The standard InChI is InChI=1S/C16H13FO2/c17-14-11-16(19-15(14)18,12-7-3-1-4-8-12)13-9-5-2-6-10-13/h1-10,14H,11H2/t14-/m0/s1. The molecular formula is C16H13FO2. The van der Waals surface area contributed by atoms with Crippen LogP contribution in [0.2, 0.25) is 0 Å². The molecule has 0 radical (unpaired) electrons. The largest absolute Gasteiger partial charge is 0.447 e. The van der Waals surface area contributed by atoms with Gasteiger partial charge in [-0.15, -0.1) is 0 Å². The third kappa shape index (κ3) is 1.91. The Bertz CT molecular complexity index is 541. The van der Waals surface area contributed by atoms with Crippen molar-refractivity contribution in [3.8, 4) is 0 Å².